The molecule has 17 heavy (non-hydrogen) atoms. The first kappa shape index (κ1) is 12.5. The molecule has 2 rings (SSSR count). The van der Waals surface area contributed by atoms with Gasteiger partial charge in [0.05, 0.1) is 6.10 Å². The van der Waals surface area contributed by atoms with Crippen LogP contribution < -0.4 is 9.47 Å². The van der Waals surface area contributed by atoms with E-state index in [-0.39, 0.29) is 22.4 Å². The number of hydrogen-bond acceptors (Lipinski definition) is 4. The number of halogens is 3. The molecule has 1 aliphatic heterocycles. The predicted molar refractivity (Wildman–Crippen MR) is 57.4 cm³/mol. The molecule has 0 saturated carbocycles. The molecule has 0 aromatic heterocycles. The van der Waals surface area contributed by atoms with Gasteiger partial charge in [0, 0.05) is 5.33 Å². The van der Waals surface area contributed by atoms with Crippen molar-refractivity contribution in [3.63, 3.8) is 0 Å². The Morgan fingerprint density at radius 3 is 2.53 bits per heavy atom. The standard InChI is InChI=1S/C10H9BrF2O4/c11-4-6(14)9(15)5-1-2-7-8(3-5)17-10(12,13)16-7/h1-3,6,9,14-15H,4H2. The van der Waals surface area contributed by atoms with Gasteiger partial charge in [-0.15, -0.1) is 8.78 Å². The second-order valence-corrected chi connectivity index (χ2v) is 4.19. The Morgan fingerprint density at radius 2 is 1.88 bits per heavy atom. The lowest BCUT2D eigenvalue weighted by molar-refractivity contribution is -0.286. The Bertz CT molecular complexity index is 427. The molecule has 0 radical (unpaired) electrons. The van der Waals surface area contributed by atoms with Crippen LogP contribution in [0.25, 0.3) is 0 Å². The summed E-state index contributed by atoms with van der Waals surface area (Å²) < 4.78 is 33.9. The monoisotopic (exact) mass is 310 g/mol. The van der Waals surface area contributed by atoms with Gasteiger partial charge in [-0.1, -0.05) is 22.0 Å². The average molecular weight is 311 g/mol. The second kappa shape index (κ2) is 4.40. The van der Waals surface area contributed by atoms with Crippen molar-refractivity contribution in [1.82, 2.24) is 0 Å². The lowest BCUT2D eigenvalue weighted by atomic mass is 10.1. The number of benzene rings is 1. The molecular weight excluding hydrogens is 302 g/mol. The third-order valence-corrected chi connectivity index (χ3v) is 2.95. The fraction of sp³-hybridized carbons (Fsp3) is 0.400. The maximum atomic E-state index is 12.7. The lowest BCUT2D eigenvalue weighted by Crippen LogP contribution is -2.26. The van der Waals surface area contributed by atoms with Crippen LogP contribution in [-0.2, 0) is 0 Å². The molecule has 0 fully saturated rings. The van der Waals surface area contributed by atoms with Crippen molar-refractivity contribution < 1.29 is 28.5 Å². The number of rotatable bonds is 3. The van der Waals surface area contributed by atoms with Crippen molar-refractivity contribution in [1.29, 1.82) is 0 Å². The molecule has 4 nitrogen and oxygen atoms in total. The van der Waals surface area contributed by atoms with Gasteiger partial charge >= 0.3 is 6.29 Å². The Morgan fingerprint density at radius 1 is 1.24 bits per heavy atom. The first-order chi connectivity index (χ1) is 7.93. The van der Waals surface area contributed by atoms with E-state index < -0.39 is 18.5 Å². The Balaban J connectivity index is 2.24. The number of hydrogen-bond donors (Lipinski definition) is 2. The normalized spacial score (nSPS) is 20.1. The molecule has 2 N–H and O–H groups in total. The number of aliphatic hydroxyl groups is 2. The fourth-order valence-electron chi connectivity index (χ4n) is 1.46. The van der Waals surface area contributed by atoms with Crippen molar-refractivity contribution in [2.45, 2.75) is 18.5 Å². The Labute approximate surface area is 104 Å². The maximum absolute atomic E-state index is 12.7. The van der Waals surface area contributed by atoms with Crippen LogP contribution >= 0.6 is 15.9 Å². The molecule has 94 valence electrons. The summed E-state index contributed by atoms with van der Waals surface area (Å²) >= 11 is 3.01. The first-order valence-electron chi connectivity index (χ1n) is 4.75. The number of fused-ring (bicyclic) bond motifs is 1. The highest BCUT2D eigenvalue weighted by Crippen LogP contribution is 2.42. The van der Waals surface area contributed by atoms with Crippen LogP contribution in [0.2, 0.25) is 0 Å². The summed E-state index contributed by atoms with van der Waals surface area (Å²) in [5.41, 5.74) is 0.275. The topological polar surface area (TPSA) is 58.9 Å². The zero-order valence-electron chi connectivity index (χ0n) is 8.44. The van der Waals surface area contributed by atoms with E-state index in [1.165, 1.54) is 18.2 Å². The predicted octanol–water partition coefficient (Wildman–Crippen LogP) is 1.80. The van der Waals surface area contributed by atoms with Crippen molar-refractivity contribution in [3.8, 4) is 11.5 Å². The third kappa shape index (κ3) is 2.51. The van der Waals surface area contributed by atoms with E-state index in [1.807, 2.05) is 0 Å². The van der Waals surface area contributed by atoms with E-state index in [9.17, 15) is 19.0 Å². The molecule has 1 heterocycles. The average Bonchev–Trinajstić information content (AvgIpc) is 2.59. The minimum Gasteiger partial charge on any atom is -0.395 e. The molecule has 7 heteroatoms. The minimum atomic E-state index is -3.68. The van der Waals surface area contributed by atoms with Crippen LogP contribution in [0.1, 0.15) is 11.7 Å². The number of ether oxygens (including phenoxy) is 2. The van der Waals surface area contributed by atoms with Crippen LogP contribution in [-0.4, -0.2) is 27.9 Å². The van der Waals surface area contributed by atoms with E-state index in [0.717, 1.165) is 0 Å². The summed E-state index contributed by atoms with van der Waals surface area (Å²) in [7, 11) is 0. The molecule has 2 atom stereocenters. The van der Waals surface area contributed by atoms with Crippen molar-refractivity contribution >= 4 is 15.9 Å². The SMILES string of the molecule is OC(CBr)C(O)c1ccc2c(c1)OC(F)(F)O2. The molecule has 0 aliphatic carbocycles. The van der Waals surface area contributed by atoms with Gasteiger partial charge < -0.3 is 19.7 Å². The molecular formula is C10H9BrF2O4. The first-order valence-corrected chi connectivity index (χ1v) is 5.87. The maximum Gasteiger partial charge on any atom is 0.586 e. The highest BCUT2D eigenvalue weighted by atomic mass is 79.9. The fourth-order valence-corrected chi connectivity index (χ4v) is 1.81. The molecule has 2 unspecified atom stereocenters. The number of aliphatic hydroxyl groups excluding tert-OH is 2. The van der Waals surface area contributed by atoms with Crippen molar-refractivity contribution in [2.75, 3.05) is 5.33 Å². The van der Waals surface area contributed by atoms with Gasteiger partial charge in [-0.2, -0.15) is 0 Å². The van der Waals surface area contributed by atoms with Gasteiger partial charge in [-0.25, -0.2) is 0 Å². The molecule has 1 aliphatic rings. The molecule has 1 aromatic carbocycles. The van der Waals surface area contributed by atoms with Crippen LogP contribution in [0.15, 0.2) is 18.2 Å². The van der Waals surface area contributed by atoms with Gasteiger partial charge in [-0.3, -0.25) is 0 Å². The van der Waals surface area contributed by atoms with Gasteiger partial charge in [0.2, 0.25) is 0 Å². The van der Waals surface area contributed by atoms with Gasteiger partial charge in [-0.05, 0) is 17.7 Å². The summed E-state index contributed by atoms with van der Waals surface area (Å²) in [6.07, 6.45) is -5.90. The van der Waals surface area contributed by atoms with Gasteiger partial charge in [0.1, 0.15) is 6.10 Å². The molecule has 0 spiro atoms. The van der Waals surface area contributed by atoms with E-state index in [1.54, 1.807) is 0 Å². The second-order valence-electron chi connectivity index (χ2n) is 3.54. The van der Waals surface area contributed by atoms with Gasteiger partial charge in [0.25, 0.3) is 0 Å². The molecule has 0 saturated heterocycles. The highest BCUT2D eigenvalue weighted by Gasteiger charge is 2.43. The quantitative estimate of drug-likeness (QED) is 0.836. The zero-order chi connectivity index (χ0) is 12.6. The van der Waals surface area contributed by atoms with E-state index in [4.69, 9.17) is 0 Å². The largest absolute Gasteiger partial charge is 0.586 e. The summed E-state index contributed by atoms with van der Waals surface area (Å²) in [5.74, 6) is -0.257. The van der Waals surface area contributed by atoms with Gasteiger partial charge in [0.15, 0.2) is 11.5 Å². The van der Waals surface area contributed by atoms with Crippen LogP contribution in [0.4, 0.5) is 8.78 Å². The van der Waals surface area contributed by atoms with Crippen LogP contribution in [0.3, 0.4) is 0 Å². The van der Waals surface area contributed by atoms with Crippen molar-refractivity contribution in [2.24, 2.45) is 0 Å². The minimum absolute atomic E-state index is 0.0979. The zero-order valence-corrected chi connectivity index (χ0v) is 10.0. The summed E-state index contributed by atoms with van der Waals surface area (Å²) in [6.45, 7) is 0. The summed E-state index contributed by atoms with van der Waals surface area (Å²) in [5, 5.41) is 19.3. The highest BCUT2D eigenvalue weighted by molar-refractivity contribution is 9.09. The van der Waals surface area contributed by atoms with Crippen LogP contribution in [0.5, 0.6) is 11.5 Å². The summed E-state index contributed by atoms with van der Waals surface area (Å²) in [6, 6.07) is 3.86. The van der Waals surface area contributed by atoms with Crippen molar-refractivity contribution in [3.05, 3.63) is 23.8 Å². The molecule has 0 bridgehead atoms. The van der Waals surface area contributed by atoms with E-state index >= 15 is 0 Å². The third-order valence-electron chi connectivity index (χ3n) is 2.29. The molecule has 0 amide bonds. The lowest BCUT2D eigenvalue weighted by Gasteiger charge is -2.15. The smallest absolute Gasteiger partial charge is 0.395 e. The summed E-state index contributed by atoms with van der Waals surface area (Å²) in [4.78, 5) is 0. The van der Waals surface area contributed by atoms with E-state index in [2.05, 4.69) is 25.4 Å². The Kier molecular flexibility index (Phi) is 3.24. The number of alkyl halides is 3. The molecule has 1 aromatic rings. The van der Waals surface area contributed by atoms with E-state index in [0.29, 0.717) is 0 Å². The Hall–Kier alpha value is -0.920. The van der Waals surface area contributed by atoms with Crippen LogP contribution in [0, 0.1) is 0 Å².